The molecule has 0 bridgehead atoms. The van der Waals surface area contributed by atoms with Gasteiger partial charge in [0, 0.05) is 6.54 Å². The molecule has 0 radical (unpaired) electrons. The van der Waals surface area contributed by atoms with Gasteiger partial charge in [-0.25, -0.2) is 4.39 Å². The highest BCUT2D eigenvalue weighted by molar-refractivity contribution is 5.34. The Kier molecular flexibility index (Phi) is 4.52. The van der Waals surface area contributed by atoms with Gasteiger partial charge < -0.3 is 14.8 Å². The molecule has 0 unspecified atom stereocenters. The SMILES string of the molecule is COc1nc(NCc2cc(C)c(F)c(C)c2)nc(OC)n1. The third kappa shape index (κ3) is 3.56. The molecule has 0 fully saturated rings. The normalized spacial score (nSPS) is 10.3. The molecule has 112 valence electrons. The van der Waals surface area contributed by atoms with Gasteiger partial charge in [-0.1, -0.05) is 12.1 Å². The van der Waals surface area contributed by atoms with Crippen LogP contribution in [0.4, 0.5) is 10.3 Å². The van der Waals surface area contributed by atoms with Gasteiger partial charge in [0.15, 0.2) is 0 Å². The summed E-state index contributed by atoms with van der Waals surface area (Å²) in [5, 5.41) is 3.04. The standard InChI is InChI=1S/C14H17FN4O2/c1-8-5-10(6-9(2)11(8)15)7-16-12-17-13(20-3)19-14(18-12)21-4/h5-6H,7H2,1-4H3,(H,16,17,18,19). The van der Waals surface area contributed by atoms with Gasteiger partial charge in [-0.2, -0.15) is 9.97 Å². The van der Waals surface area contributed by atoms with Crippen molar-refractivity contribution >= 4 is 5.95 Å². The van der Waals surface area contributed by atoms with Crippen molar-refractivity contribution in [2.45, 2.75) is 20.4 Å². The highest BCUT2D eigenvalue weighted by atomic mass is 19.1. The van der Waals surface area contributed by atoms with Crippen LogP contribution in [-0.4, -0.2) is 29.2 Å². The lowest BCUT2D eigenvalue weighted by Gasteiger charge is -2.09. The van der Waals surface area contributed by atoms with Gasteiger partial charge in [0.05, 0.1) is 14.2 Å². The van der Waals surface area contributed by atoms with Gasteiger partial charge in [-0.05, 0) is 30.5 Å². The van der Waals surface area contributed by atoms with E-state index >= 15 is 0 Å². The Labute approximate surface area is 122 Å². The van der Waals surface area contributed by atoms with Crippen molar-refractivity contribution in [1.82, 2.24) is 15.0 Å². The van der Waals surface area contributed by atoms with Gasteiger partial charge in [-0.15, -0.1) is 4.98 Å². The molecule has 2 rings (SSSR count). The van der Waals surface area contributed by atoms with Gasteiger partial charge in [0.25, 0.3) is 0 Å². The van der Waals surface area contributed by atoms with E-state index < -0.39 is 0 Å². The first-order valence-corrected chi connectivity index (χ1v) is 6.37. The second kappa shape index (κ2) is 6.34. The number of methoxy groups -OCH3 is 2. The molecule has 0 atom stereocenters. The second-order valence-electron chi connectivity index (χ2n) is 4.53. The van der Waals surface area contributed by atoms with Crippen LogP contribution in [-0.2, 0) is 6.54 Å². The van der Waals surface area contributed by atoms with Crippen LogP contribution in [0, 0.1) is 19.7 Å². The van der Waals surface area contributed by atoms with E-state index in [1.54, 1.807) is 26.0 Å². The molecule has 0 amide bonds. The van der Waals surface area contributed by atoms with Crippen molar-refractivity contribution in [3.05, 3.63) is 34.6 Å². The number of hydrogen-bond donors (Lipinski definition) is 1. The van der Waals surface area contributed by atoms with Crippen LogP contribution in [0.5, 0.6) is 12.0 Å². The summed E-state index contributed by atoms with van der Waals surface area (Å²) in [4.78, 5) is 12.0. The third-order valence-electron chi connectivity index (χ3n) is 2.91. The Hall–Kier alpha value is -2.44. The molecule has 1 N–H and O–H groups in total. The summed E-state index contributed by atoms with van der Waals surface area (Å²) in [6.07, 6.45) is 0. The number of nitrogens with zero attached hydrogens (tertiary/aromatic N) is 3. The Morgan fingerprint density at radius 2 is 1.52 bits per heavy atom. The van der Waals surface area contributed by atoms with Crippen LogP contribution in [0.15, 0.2) is 12.1 Å². The molecule has 7 heteroatoms. The van der Waals surface area contributed by atoms with Crippen molar-refractivity contribution < 1.29 is 13.9 Å². The minimum absolute atomic E-state index is 0.163. The van der Waals surface area contributed by atoms with Crippen molar-refractivity contribution in [3.63, 3.8) is 0 Å². The second-order valence-corrected chi connectivity index (χ2v) is 4.53. The van der Waals surface area contributed by atoms with E-state index in [4.69, 9.17) is 9.47 Å². The molecular formula is C14H17FN4O2. The number of aromatic nitrogens is 3. The van der Waals surface area contributed by atoms with E-state index in [9.17, 15) is 4.39 Å². The predicted molar refractivity (Wildman–Crippen MR) is 76.1 cm³/mol. The van der Waals surface area contributed by atoms with Crippen LogP contribution < -0.4 is 14.8 Å². The van der Waals surface area contributed by atoms with Gasteiger partial charge in [0.1, 0.15) is 5.82 Å². The predicted octanol–water partition coefficient (Wildman–Crippen LogP) is 2.26. The lowest BCUT2D eigenvalue weighted by atomic mass is 10.1. The number of ether oxygens (including phenoxy) is 2. The quantitative estimate of drug-likeness (QED) is 0.911. The molecule has 0 saturated carbocycles. The molecule has 0 saturated heterocycles. The zero-order valence-corrected chi connectivity index (χ0v) is 12.4. The maximum absolute atomic E-state index is 13.6. The number of rotatable bonds is 5. The summed E-state index contributed by atoms with van der Waals surface area (Å²) in [7, 11) is 2.93. The molecule has 0 aliphatic heterocycles. The first kappa shape index (κ1) is 15.0. The zero-order chi connectivity index (χ0) is 15.4. The molecular weight excluding hydrogens is 275 g/mol. The van der Waals surface area contributed by atoms with E-state index in [-0.39, 0.29) is 17.8 Å². The highest BCUT2D eigenvalue weighted by Crippen LogP contribution is 2.17. The maximum atomic E-state index is 13.6. The molecule has 1 heterocycles. The van der Waals surface area contributed by atoms with Crippen LogP contribution >= 0.6 is 0 Å². The van der Waals surface area contributed by atoms with Gasteiger partial charge in [0.2, 0.25) is 5.95 Å². The van der Waals surface area contributed by atoms with Crippen LogP contribution in [0.25, 0.3) is 0 Å². The number of halogens is 1. The molecule has 21 heavy (non-hydrogen) atoms. The number of aryl methyl sites for hydroxylation is 2. The summed E-state index contributed by atoms with van der Waals surface area (Å²) < 4.78 is 23.5. The molecule has 1 aromatic carbocycles. The van der Waals surface area contributed by atoms with E-state index in [2.05, 4.69) is 20.3 Å². The molecule has 0 aliphatic carbocycles. The summed E-state index contributed by atoms with van der Waals surface area (Å²) in [6.45, 7) is 3.93. The highest BCUT2D eigenvalue weighted by Gasteiger charge is 2.08. The Balaban J connectivity index is 2.16. The Morgan fingerprint density at radius 1 is 1.00 bits per heavy atom. The number of nitrogens with one attached hydrogen (secondary N) is 1. The number of benzene rings is 1. The molecule has 0 spiro atoms. The lowest BCUT2D eigenvalue weighted by Crippen LogP contribution is -2.08. The van der Waals surface area contributed by atoms with Crippen LogP contribution in [0.2, 0.25) is 0 Å². The summed E-state index contributed by atoms with van der Waals surface area (Å²) in [5.74, 6) is 0.153. The smallest absolute Gasteiger partial charge is 0.324 e. The molecule has 1 aromatic heterocycles. The molecule has 2 aromatic rings. The zero-order valence-electron chi connectivity index (χ0n) is 12.4. The Morgan fingerprint density at radius 3 is 2.00 bits per heavy atom. The number of anilines is 1. The van der Waals surface area contributed by atoms with Crippen molar-refractivity contribution in [1.29, 1.82) is 0 Å². The topological polar surface area (TPSA) is 69.2 Å². The van der Waals surface area contributed by atoms with E-state index in [0.717, 1.165) is 5.56 Å². The monoisotopic (exact) mass is 292 g/mol. The first-order chi connectivity index (χ1) is 10.0. The first-order valence-electron chi connectivity index (χ1n) is 6.37. The van der Waals surface area contributed by atoms with Gasteiger partial charge in [-0.3, -0.25) is 0 Å². The van der Waals surface area contributed by atoms with E-state index in [1.165, 1.54) is 14.2 Å². The molecule has 0 aliphatic rings. The number of hydrogen-bond acceptors (Lipinski definition) is 6. The van der Waals surface area contributed by atoms with E-state index in [0.29, 0.717) is 23.6 Å². The van der Waals surface area contributed by atoms with Gasteiger partial charge >= 0.3 is 12.0 Å². The van der Waals surface area contributed by atoms with Crippen molar-refractivity contribution in [2.24, 2.45) is 0 Å². The average molecular weight is 292 g/mol. The largest absolute Gasteiger partial charge is 0.467 e. The van der Waals surface area contributed by atoms with Crippen LogP contribution in [0.3, 0.4) is 0 Å². The average Bonchev–Trinajstić information content (AvgIpc) is 2.49. The Bertz CT molecular complexity index is 604. The summed E-state index contributed by atoms with van der Waals surface area (Å²) in [5.41, 5.74) is 2.15. The summed E-state index contributed by atoms with van der Waals surface area (Å²) in [6, 6.07) is 3.89. The minimum atomic E-state index is -0.178. The third-order valence-corrected chi connectivity index (χ3v) is 2.91. The fraction of sp³-hybridized carbons (Fsp3) is 0.357. The summed E-state index contributed by atoms with van der Waals surface area (Å²) >= 11 is 0. The van der Waals surface area contributed by atoms with Crippen molar-refractivity contribution in [2.75, 3.05) is 19.5 Å². The fourth-order valence-electron chi connectivity index (χ4n) is 1.92. The molecule has 6 nitrogen and oxygen atoms in total. The fourth-order valence-corrected chi connectivity index (χ4v) is 1.92. The van der Waals surface area contributed by atoms with Crippen LogP contribution in [0.1, 0.15) is 16.7 Å². The lowest BCUT2D eigenvalue weighted by molar-refractivity contribution is 0.341. The minimum Gasteiger partial charge on any atom is -0.467 e. The van der Waals surface area contributed by atoms with E-state index in [1.807, 2.05) is 0 Å². The maximum Gasteiger partial charge on any atom is 0.324 e. The van der Waals surface area contributed by atoms with Crippen molar-refractivity contribution in [3.8, 4) is 12.0 Å².